The molecule has 0 unspecified atom stereocenters. The number of benzene rings is 3. The lowest BCUT2D eigenvalue weighted by molar-refractivity contribution is 0.178. The Bertz CT molecular complexity index is 1380. The van der Waals surface area contributed by atoms with Crippen molar-refractivity contribution < 1.29 is 28.1 Å². The van der Waals surface area contributed by atoms with Gasteiger partial charge in [0.25, 0.3) is 0 Å². The van der Waals surface area contributed by atoms with E-state index in [1.807, 2.05) is 30.3 Å². The maximum Gasteiger partial charge on any atom is 0.414 e. The summed E-state index contributed by atoms with van der Waals surface area (Å²) < 4.78 is 37.1. The quantitative estimate of drug-likeness (QED) is 0.340. The number of nitrogens with zero attached hydrogens (tertiary/aromatic N) is 2. The molecule has 0 bridgehead atoms. The molecule has 7 nitrogen and oxygen atoms in total. The molecule has 3 aromatic carbocycles. The number of ether oxygens (including phenoxy) is 4. The number of anilines is 1. The van der Waals surface area contributed by atoms with Crippen molar-refractivity contribution in [3.8, 4) is 23.0 Å². The number of rotatable bonds is 7. The lowest BCUT2D eigenvalue weighted by atomic mass is 10.1. The number of carbonyl (C=O) groups is 1. The SMILES string of the molecule is COc1cc2nccc(Oc3ccc(N4C(=O)OC[C@H]4Cc4ccccc4)cc3F)c2cc1OC. The highest BCUT2D eigenvalue weighted by molar-refractivity contribution is 5.91. The molecule has 8 heteroatoms. The van der Waals surface area contributed by atoms with Crippen LogP contribution < -0.4 is 19.1 Å². The Balaban J connectivity index is 1.42. The van der Waals surface area contributed by atoms with Crippen LogP contribution in [0.1, 0.15) is 5.56 Å². The van der Waals surface area contributed by atoms with Gasteiger partial charge >= 0.3 is 6.09 Å². The van der Waals surface area contributed by atoms with Crippen molar-refractivity contribution >= 4 is 22.7 Å². The van der Waals surface area contributed by atoms with Crippen LogP contribution >= 0.6 is 0 Å². The summed E-state index contributed by atoms with van der Waals surface area (Å²) >= 11 is 0. The third kappa shape index (κ3) is 4.42. The number of carbonyl (C=O) groups excluding carboxylic acids is 1. The summed E-state index contributed by atoms with van der Waals surface area (Å²) in [5.74, 6) is 0.855. The van der Waals surface area contributed by atoms with Crippen LogP contribution in [0.3, 0.4) is 0 Å². The molecule has 35 heavy (non-hydrogen) atoms. The number of cyclic esters (lactones) is 1. The van der Waals surface area contributed by atoms with Crippen LogP contribution in [0.2, 0.25) is 0 Å². The van der Waals surface area contributed by atoms with E-state index < -0.39 is 11.9 Å². The van der Waals surface area contributed by atoms with Crippen molar-refractivity contribution in [1.29, 1.82) is 0 Å². The average Bonchev–Trinajstić information content (AvgIpc) is 3.24. The Labute approximate surface area is 201 Å². The predicted molar refractivity (Wildman–Crippen MR) is 129 cm³/mol. The van der Waals surface area contributed by atoms with Gasteiger partial charge in [0, 0.05) is 23.7 Å². The molecule has 2 heterocycles. The number of hydrogen-bond donors (Lipinski definition) is 0. The van der Waals surface area contributed by atoms with Gasteiger partial charge in [0.05, 0.1) is 31.5 Å². The van der Waals surface area contributed by atoms with E-state index in [2.05, 4.69) is 4.98 Å². The van der Waals surface area contributed by atoms with Crippen molar-refractivity contribution in [2.24, 2.45) is 0 Å². The molecule has 0 spiro atoms. The largest absolute Gasteiger partial charge is 0.493 e. The van der Waals surface area contributed by atoms with Crippen LogP contribution in [0.4, 0.5) is 14.9 Å². The van der Waals surface area contributed by atoms with Crippen LogP contribution in [0.25, 0.3) is 10.9 Å². The van der Waals surface area contributed by atoms with Gasteiger partial charge in [-0.05, 0) is 36.2 Å². The minimum absolute atomic E-state index is 0.0169. The molecule has 5 rings (SSSR count). The number of aromatic nitrogens is 1. The van der Waals surface area contributed by atoms with Gasteiger partial charge in [0.2, 0.25) is 0 Å². The molecule has 0 radical (unpaired) electrons. The zero-order valence-corrected chi connectivity index (χ0v) is 19.2. The van der Waals surface area contributed by atoms with Crippen LogP contribution in [-0.4, -0.2) is 37.9 Å². The van der Waals surface area contributed by atoms with Crippen molar-refractivity contribution in [2.75, 3.05) is 25.7 Å². The number of methoxy groups -OCH3 is 2. The van der Waals surface area contributed by atoms with Gasteiger partial charge < -0.3 is 18.9 Å². The van der Waals surface area contributed by atoms with E-state index in [0.717, 1.165) is 5.56 Å². The molecule has 1 aliphatic rings. The zero-order valence-electron chi connectivity index (χ0n) is 19.2. The fraction of sp³-hybridized carbons (Fsp3) is 0.185. The van der Waals surface area contributed by atoms with Crippen LogP contribution in [0.15, 0.2) is 72.9 Å². The summed E-state index contributed by atoms with van der Waals surface area (Å²) in [5, 5.41) is 0.639. The average molecular weight is 474 g/mol. The van der Waals surface area contributed by atoms with Crippen molar-refractivity contribution in [2.45, 2.75) is 12.5 Å². The van der Waals surface area contributed by atoms with Gasteiger partial charge in [-0.3, -0.25) is 9.88 Å². The molecule has 0 N–H and O–H groups in total. The standard InChI is InChI=1S/C27H23FN2O5/c1-32-25-14-20-22(15-26(25)33-2)29-11-10-23(20)35-24-9-8-18(13-21(24)28)30-19(16-34-27(30)31)12-17-6-4-3-5-7-17/h3-11,13-15,19H,12,16H2,1-2H3/t19-/m1/s1. The van der Waals surface area contributed by atoms with Crippen LogP contribution in [-0.2, 0) is 11.2 Å². The predicted octanol–water partition coefficient (Wildman–Crippen LogP) is 5.75. The minimum atomic E-state index is -0.605. The van der Waals surface area contributed by atoms with E-state index in [1.165, 1.54) is 24.1 Å². The number of halogens is 1. The van der Waals surface area contributed by atoms with Crippen LogP contribution in [0, 0.1) is 5.82 Å². The summed E-state index contributed by atoms with van der Waals surface area (Å²) in [7, 11) is 3.08. The van der Waals surface area contributed by atoms with Gasteiger partial charge in [-0.2, -0.15) is 0 Å². The van der Waals surface area contributed by atoms with Crippen LogP contribution in [0.5, 0.6) is 23.0 Å². The molecule has 178 valence electrons. The first kappa shape index (κ1) is 22.5. The topological polar surface area (TPSA) is 70.1 Å². The van der Waals surface area contributed by atoms with Gasteiger partial charge in [-0.1, -0.05) is 30.3 Å². The molecule has 0 saturated carbocycles. The second kappa shape index (κ2) is 9.50. The second-order valence-corrected chi connectivity index (χ2v) is 8.04. The molecule has 1 aliphatic heterocycles. The maximum atomic E-state index is 15.2. The molecule has 1 fully saturated rings. The van der Waals surface area contributed by atoms with Gasteiger partial charge in [0.1, 0.15) is 12.4 Å². The summed E-state index contributed by atoms with van der Waals surface area (Å²) in [6, 6.07) is 19.1. The number of hydrogen-bond acceptors (Lipinski definition) is 6. The van der Waals surface area contributed by atoms with Crippen molar-refractivity contribution in [3.63, 3.8) is 0 Å². The molecule has 1 atom stereocenters. The Hall–Kier alpha value is -4.33. The normalized spacial score (nSPS) is 15.2. The molecule has 1 amide bonds. The third-order valence-electron chi connectivity index (χ3n) is 5.90. The third-order valence-corrected chi connectivity index (χ3v) is 5.90. The Morgan fingerprint density at radius 2 is 1.74 bits per heavy atom. The Morgan fingerprint density at radius 1 is 0.971 bits per heavy atom. The molecule has 1 aromatic heterocycles. The second-order valence-electron chi connectivity index (χ2n) is 8.04. The number of pyridine rings is 1. The van der Waals surface area contributed by atoms with Gasteiger partial charge in [-0.15, -0.1) is 0 Å². The first-order valence-electron chi connectivity index (χ1n) is 11.1. The van der Waals surface area contributed by atoms with Gasteiger partial charge in [-0.25, -0.2) is 9.18 Å². The van der Waals surface area contributed by atoms with E-state index in [4.69, 9.17) is 18.9 Å². The lowest BCUT2D eigenvalue weighted by Gasteiger charge is -2.22. The summed E-state index contributed by atoms with van der Waals surface area (Å²) in [4.78, 5) is 18.3. The highest BCUT2D eigenvalue weighted by Gasteiger charge is 2.34. The van der Waals surface area contributed by atoms with E-state index in [-0.39, 0.29) is 18.4 Å². The minimum Gasteiger partial charge on any atom is -0.493 e. The number of fused-ring (bicyclic) bond motifs is 1. The highest BCUT2D eigenvalue weighted by Crippen LogP contribution is 2.38. The zero-order chi connectivity index (χ0) is 24.4. The van der Waals surface area contributed by atoms with E-state index in [9.17, 15) is 4.79 Å². The van der Waals surface area contributed by atoms with Crippen molar-refractivity contribution in [3.05, 3.63) is 84.3 Å². The Morgan fingerprint density at radius 3 is 2.49 bits per heavy atom. The smallest absolute Gasteiger partial charge is 0.414 e. The van der Waals surface area contributed by atoms with E-state index in [0.29, 0.717) is 40.3 Å². The number of amides is 1. The fourth-order valence-corrected chi connectivity index (χ4v) is 4.19. The maximum absolute atomic E-state index is 15.2. The monoisotopic (exact) mass is 474 g/mol. The molecule has 0 aliphatic carbocycles. The highest BCUT2D eigenvalue weighted by atomic mass is 19.1. The van der Waals surface area contributed by atoms with E-state index >= 15 is 4.39 Å². The Kier molecular flexibility index (Phi) is 6.10. The summed E-state index contributed by atoms with van der Waals surface area (Å²) in [6.45, 7) is 0.238. The summed E-state index contributed by atoms with van der Waals surface area (Å²) in [6.07, 6.45) is 1.67. The molecule has 1 saturated heterocycles. The van der Waals surface area contributed by atoms with Gasteiger partial charge in [0.15, 0.2) is 23.1 Å². The van der Waals surface area contributed by atoms with Crippen molar-refractivity contribution in [1.82, 2.24) is 4.98 Å². The molecular formula is C27H23FN2O5. The van der Waals surface area contributed by atoms with E-state index in [1.54, 1.807) is 37.6 Å². The summed E-state index contributed by atoms with van der Waals surface area (Å²) in [5.41, 5.74) is 2.09. The lowest BCUT2D eigenvalue weighted by Crippen LogP contribution is -2.35. The first-order chi connectivity index (χ1) is 17.1. The molecule has 4 aromatic rings. The molecular weight excluding hydrogens is 451 g/mol. The first-order valence-corrected chi connectivity index (χ1v) is 11.1. The fourth-order valence-electron chi connectivity index (χ4n) is 4.19.